The molecule has 0 bridgehead atoms. The zero-order chi connectivity index (χ0) is 10.4. The van der Waals surface area contributed by atoms with Crippen LogP contribution in [0.25, 0.3) is 0 Å². The molecule has 0 saturated heterocycles. The fourth-order valence-corrected chi connectivity index (χ4v) is 0.579. The van der Waals surface area contributed by atoms with Crippen molar-refractivity contribution < 1.29 is 29.0 Å². The Morgan fingerprint density at radius 2 is 1.92 bits per heavy atom. The van der Waals surface area contributed by atoms with Crippen LogP contribution in [0.1, 0.15) is 13.3 Å². The number of methoxy groups -OCH3 is 1. The first-order valence-corrected chi connectivity index (χ1v) is 3.44. The molecule has 0 amide bonds. The predicted molar refractivity (Wildman–Crippen MR) is 39.4 cm³/mol. The zero-order valence-electron chi connectivity index (χ0n) is 7.27. The normalized spacial score (nSPS) is 11.6. The maximum absolute atomic E-state index is 10.7. The van der Waals surface area contributed by atoms with Crippen molar-refractivity contribution in [3.8, 4) is 0 Å². The van der Waals surface area contributed by atoms with E-state index in [9.17, 15) is 14.4 Å². The number of hydrogen-bond acceptors (Lipinski definition) is 6. The van der Waals surface area contributed by atoms with E-state index in [4.69, 9.17) is 5.11 Å². The monoisotopic (exact) mass is 190 g/mol. The number of hydrogen-bond donors (Lipinski definition) is 1. The number of aliphatic hydroxyl groups excluding tert-OH is 1. The first kappa shape index (κ1) is 11.6. The fourth-order valence-electron chi connectivity index (χ4n) is 0.579. The van der Waals surface area contributed by atoms with E-state index in [1.165, 1.54) is 0 Å². The first-order chi connectivity index (χ1) is 5.97. The van der Waals surface area contributed by atoms with Crippen molar-refractivity contribution in [3.63, 3.8) is 0 Å². The quantitative estimate of drug-likeness (QED) is 0.453. The molecule has 1 atom stereocenters. The molecule has 0 saturated carbocycles. The van der Waals surface area contributed by atoms with Crippen molar-refractivity contribution in [2.24, 2.45) is 0 Å². The molecule has 0 aliphatic rings. The fraction of sp³-hybridized carbons (Fsp3) is 0.571. The van der Waals surface area contributed by atoms with Crippen LogP contribution in [0.2, 0.25) is 0 Å². The Hall–Kier alpha value is -1.43. The molecule has 6 heteroatoms. The summed E-state index contributed by atoms with van der Waals surface area (Å²) in [6.07, 6.45) is -2.18. The van der Waals surface area contributed by atoms with Crippen LogP contribution >= 0.6 is 0 Å². The molecule has 0 aliphatic carbocycles. The van der Waals surface area contributed by atoms with Gasteiger partial charge in [-0.2, -0.15) is 0 Å². The molecule has 74 valence electrons. The molecule has 1 unspecified atom stereocenters. The molecule has 13 heavy (non-hydrogen) atoms. The van der Waals surface area contributed by atoms with Gasteiger partial charge in [-0.15, -0.1) is 0 Å². The van der Waals surface area contributed by atoms with E-state index >= 15 is 0 Å². The highest BCUT2D eigenvalue weighted by Gasteiger charge is 2.21. The largest absolute Gasteiger partial charge is 0.467 e. The Kier molecular flexibility index (Phi) is 4.68. The Labute approximate surface area is 74.4 Å². The summed E-state index contributed by atoms with van der Waals surface area (Å²) in [5, 5.41) is 8.91. The molecule has 0 spiro atoms. The molecule has 0 aromatic rings. The van der Waals surface area contributed by atoms with Crippen LogP contribution in [0.3, 0.4) is 0 Å². The SMILES string of the molecule is COC(=O)C(O)CC(=O)OC(C)=O. The van der Waals surface area contributed by atoms with E-state index in [1.54, 1.807) is 0 Å². The van der Waals surface area contributed by atoms with Crippen molar-refractivity contribution in [1.82, 2.24) is 0 Å². The highest BCUT2D eigenvalue weighted by molar-refractivity contribution is 5.87. The van der Waals surface area contributed by atoms with Crippen LogP contribution in [-0.2, 0) is 23.9 Å². The summed E-state index contributed by atoms with van der Waals surface area (Å²) in [4.78, 5) is 31.5. The van der Waals surface area contributed by atoms with Gasteiger partial charge in [-0.25, -0.2) is 4.79 Å². The standard InChI is InChI=1S/C7H10O6/c1-4(8)13-6(10)3-5(9)7(11)12-2/h5,9H,3H2,1-2H3. The summed E-state index contributed by atoms with van der Waals surface area (Å²) in [6.45, 7) is 1.04. The maximum Gasteiger partial charge on any atom is 0.335 e. The van der Waals surface area contributed by atoms with Gasteiger partial charge in [0.1, 0.15) is 0 Å². The Balaban J connectivity index is 3.91. The van der Waals surface area contributed by atoms with Crippen LogP contribution < -0.4 is 0 Å². The van der Waals surface area contributed by atoms with Crippen molar-refractivity contribution in [2.45, 2.75) is 19.4 Å². The second-order valence-electron chi connectivity index (χ2n) is 2.21. The zero-order valence-corrected chi connectivity index (χ0v) is 7.27. The summed E-state index contributed by atoms with van der Waals surface area (Å²) in [5.74, 6) is -2.70. The van der Waals surface area contributed by atoms with Crippen LogP contribution in [0.5, 0.6) is 0 Å². The minimum atomic E-state index is -1.59. The Morgan fingerprint density at radius 1 is 1.38 bits per heavy atom. The minimum Gasteiger partial charge on any atom is -0.467 e. The third-order valence-electron chi connectivity index (χ3n) is 1.09. The highest BCUT2D eigenvalue weighted by Crippen LogP contribution is 1.97. The van der Waals surface area contributed by atoms with Gasteiger partial charge in [-0.05, 0) is 0 Å². The van der Waals surface area contributed by atoms with Gasteiger partial charge in [0.2, 0.25) is 0 Å². The second kappa shape index (κ2) is 5.26. The summed E-state index contributed by atoms with van der Waals surface area (Å²) in [5.41, 5.74) is 0. The van der Waals surface area contributed by atoms with E-state index in [1.807, 2.05) is 0 Å². The van der Waals surface area contributed by atoms with Crippen molar-refractivity contribution in [3.05, 3.63) is 0 Å². The van der Waals surface area contributed by atoms with Crippen LogP contribution in [0.15, 0.2) is 0 Å². The van der Waals surface area contributed by atoms with Crippen molar-refractivity contribution in [2.75, 3.05) is 7.11 Å². The van der Waals surface area contributed by atoms with Gasteiger partial charge in [-0.1, -0.05) is 0 Å². The number of aliphatic hydroxyl groups is 1. The molecule has 6 nitrogen and oxygen atoms in total. The van der Waals surface area contributed by atoms with Gasteiger partial charge in [0.05, 0.1) is 13.5 Å². The van der Waals surface area contributed by atoms with Crippen molar-refractivity contribution >= 4 is 17.9 Å². The molecule has 0 aromatic carbocycles. The van der Waals surface area contributed by atoms with E-state index in [-0.39, 0.29) is 0 Å². The molecule has 0 aliphatic heterocycles. The van der Waals surface area contributed by atoms with Crippen LogP contribution in [-0.4, -0.2) is 36.2 Å². The molecule has 1 N–H and O–H groups in total. The van der Waals surface area contributed by atoms with Crippen LogP contribution in [0.4, 0.5) is 0 Å². The second-order valence-corrected chi connectivity index (χ2v) is 2.21. The molecule has 0 fully saturated rings. The third kappa shape index (κ3) is 4.91. The lowest BCUT2D eigenvalue weighted by atomic mass is 10.2. The first-order valence-electron chi connectivity index (χ1n) is 3.44. The van der Waals surface area contributed by atoms with E-state index in [2.05, 4.69) is 9.47 Å². The summed E-state index contributed by atoms with van der Waals surface area (Å²) >= 11 is 0. The van der Waals surface area contributed by atoms with Gasteiger partial charge in [0.15, 0.2) is 6.10 Å². The van der Waals surface area contributed by atoms with Gasteiger partial charge in [0.25, 0.3) is 0 Å². The minimum absolute atomic E-state index is 0.591. The molecule has 0 radical (unpaired) electrons. The average Bonchev–Trinajstić information content (AvgIpc) is 2.01. The van der Waals surface area contributed by atoms with E-state index in [0.717, 1.165) is 14.0 Å². The Morgan fingerprint density at radius 3 is 2.31 bits per heavy atom. The number of rotatable bonds is 3. The van der Waals surface area contributed by atoms with Gasteiger partial charge < -0.3 is 14.6 Å². The molecular formula is C7H10O6. The smallest absolute Gasteiger partial charge is 0.335 e. The summed E-state index contributed by atoms with van der Waals surface area (Å²) in [6, 6.07) is 0. The lowest BCUT2D eigenvalue weighted by molar-refractivity contribution is -0.164. The van der Waals surface area contributed by atoms with Crippen LogP contribution in [0, 0.1) is 0 Å². The van der Waals surface area contributed by atoms with Gasteiger partial charge in [0, 0.05) is 6.92 Å². The topological polar surface area (TPSA) is 89.9 Å². The molecular weight excluding hydrogens is 180 g/mol. The average molecular weight is 190 g/mol. The van der Waals surface area contributed by atoms with E-state index in [0.29, 0.717) is 0 Å². The molecule has 0 heterocycles. The van der Waals surface area contributed by atoms with Gasteiger partial charge in [-0.3, -0.25) is 9.59 Å². The molecule has 0 rings (SSSR count). The van der Waals surface area contributed by atoms with Crippen molar-refractivity contribution in [1.29, 1.82) is 0 Å². The number of esters is 3. The maximum atomic E-state index is 10.7. The molecule has 0 aromatic heterocycles. The summed E-state index contributed by atoms with van der Waals surface area (Å²) in [7, 11) is 1.07. The summed E-state index contributed by atoms with van der Waals surface area (Å²) < 4.78 is 8.21. The van der Waals surface area contributed by atoms with Gasteiger partial charge >= 0.3 is 17.9 Å². The highest BCUT2D eigenvalue weighted by atomic mass is 16.6. The third-order valence-corrected chi connectivity index (χ3v) is 1.09. The lowest BCUT2D eigenvalue weighted by Gasteiger charge is -2.05. The number of ether oxygens (including phenoxy) is 2. The van der Waals surface area contributed by atoms with E-state index < -0.39 is 30.4 Å². The lowest BCUT2D eigenvalue weighted by Crippen LogP contribution is -2.26. The number of carbonyl (C=O) groups excluding carboxylic acids is 3. The number of carbonyl (C=O) groups is 3. The Bertz CT molecular complexity index is 221. The predicted octanol–water partition coefficient (Wildman–Crippen LogP) is -1.000.